The van der Waals surface area contributed by atoms with E-state index < -0.39 is 5.66 Å². The summed E-state index contributed by atoms with van der Waals surface area (Å²) in [6.07, 6.45) is 2.57. The average Bonchev–Trinajstić information content (AvgIpc) is 2.76. The van der Waals surface area contributed by atoms with Crippen LogP contribution in [0.3, 0.4) is 0 Å². The summed E-state index contributed by atoms with van der Waals surface area (Å²) in [6.45, 7) is 0. The fourth-order valence-corrected chi connectivity index (χ4v) is 0.833. The van der Waals surface area contributed by atoms with Crippen molar-refractivity contribution in [1.29, 1.82) is 5.26 Å². The highest BCUT2D eigenvalue weighted by molar-refractivity contribution is 5.58. The molecular weight excluding hydrogens is 158 g/mol. The van der Waals surface area contributed by atoms with Gasteiger partial charge in [0.15, 0.2) is 5.82 Å². The minimum Gasteiger partial charge on any atom is -0.327 e. The molecule has 1 atom stereocenters. The molecule has 1 aromatic rings. The Morgan fingerprint density at radius 3 is 3.00 bits per heavy atom. The number of H-pyrrole nitrogens is 1. The van der Waals surface area contributed by atoms with E-state index in [2.05, 4.69) is 30.4 Å². The molecule has 2 heterocycles. The molecule has 0 saturated heterocycles. The summed E-state index contributed by atoms with van der Waals surface area (Å²) in [5.41, 5.74) is -1.34. The second-order valence-electron chi connectivity index (χ2n) is 2.08. The largest absolute Gasteiger partial charge is 0.327 e. The van der Waals surface area contributed by atoms with Crippen molar-refractivity contribution >= 4 is 6.34 Å². The van der Waals surface area contributed by atoms with Gasteiger partial charge in [-0.1, -0.05) is 0 Å². The molecule has 1 N–H and O–H groups in total. The Labute approximate surface area is 66.9 Å². The maximum absolute atomic E-state index is 8.78. The lowest BCUT2D eigenvalue weighted by molar-refractivity contribution is 0.570. The quantitative estimate of drug-likeness (QED) is 0.625. The third-order valence-electron chi connectivity index (χ3n) is 1.40. The zero-order chi connectivity index (χ0) is 8.44. The van der Waals surface area contributed by atoms with Gasteiger partial charge in [-0.05, 0) is 0 Å². The van der Waals surface area contributed by atoms with Gasteiger partial charge in [-0.25, -0.2) is 4.99 Å². The molecular formula is C5H3N7. The second kappa shape index (κ2) is 2.20. The van der Waals surface area contributed by atoms with Crippen molar-refractivity contribution in [2.24, 2.45) is 15.2 Å². The van der Waals surface area contributed by atoms with Gasteiger partial charge in [-0.2, -0.15) is 5.26 Å². The minimum atomic E-state index is -1.34. The Hall–Kier alpha value is -2.10. The number of nitrogens with one attached hydrogen (secondary N) is 1. The number of hydrogen-bond acceptors (Lipinski definition) is 6. The van der Waals surface area contributed by atoms with Crippen LogP contribution in [-0.2, 0) is 5.66 Å². The predicted octanol–water partition coefficient (Wildman–Crippen LogP) is -0.0248. The lowest BCUT2D eigenvalue weighted by atomic mass is 10.2. The molecule has 0 radical (unpaired) electrons. The van der Waals surface area contributed by atoms with Crippen LogP contribution >= 0.6 is 0 Å². The Balaban J connectivity index is 2.52. The van der Waals surface area contributed by atoms with Gasteiger partial charge in [0.25, 0.3) is 0 Å². The monoisotopic (exact) mass is 161 g/mol. The molecule has 0 bridgehead atoms. The van der Waals surface area contributed by atoms with Gasteiger partial charge in [0.1, 0.15) is 18.7 Å². The number of rotatable bonds is 1. The highest BCUT2D eigenvalue weighted by Gasteiger charge is 2.37. The fourth-order valence-electron chi connectivity index (χ4n) is 0.833. The van der Waals surface area contributed by atoms with E-state index in [0.717, 1.165) is 0 Å². The second-order valence-corrected chi connectivity index (χ2v) is 2.08. The standard InChI is InChI=1S/C5H3N7/c6-1-5(8-3-10-12-5)4-7-2-9-11-4/h2-3H,(H,7,9,11). The Morgan fingerprint density at radius 2 is 2.50 bits per heavy atom. The summed E-state index contributed by atoms with van der Waals surface area (Å²) in [7, 11) is 0. The number of nitrogens with zero attached hydrogens (tertiary/aromatic N) is 6. The first kappa shape index (κ1) is 6.60. The van der Waals surface area contributed by atoms with Crippen LogP contribution in [0.5, 0.6) is 0 Å². The van der Waals surface area contributed by atoms with Crippen molar-refractivity contribution in [1.82, 2.24) is 15.2 Å². The first-order chi connectivity index (χ1) is 5.87. The summed E-state index contributed by atoms with van der Waals surface area (Å²) in [5.74, 6) is 0.280. The van der Waals surface area contributed by atoms with E-state index in [-0.39, 0.29) is 5.82 Å². The van der Waals surface area contributed by atoms with Gasteiger partial charge in [0.2, 0.25) is 0 Å². The molecule has 1 aliphatic rings. The summed E-state index contributed by atoms with van der Waals surface area (Å²) >= 11 is 0. The van der Waals surface area contributed by atoms with Gasteiger partial charge in [-0.15, -0.1) is 20.4 Å². The van der Waals surface area contributed by atoms with Crippen LogP contribution in [-0.4, -0.2) is 21.5 Å². The third-order valence-corrected chi connectivity index (χ3v) is 1.40. The SMILES string of the molecule is N#CC1(c2nnc[nH]2)N=CN=N1. The van der Waals surface area contributed by atoms with E-state index in [1.807, 2.05) is 6.07 Å². The first-order valence-electron chi connectivity index (χ1n) is 3.11. The highest BCUT2D eigenvalue weighted by atomic mass is 15.4. The molecule has 7 heteroatoms. The van der Waals surface area contributed by atoms with E-state index in [9.17, 15) is 0 Å². The van der Waals surface area contributed by atoms with E-state index in [1.54, 1.807) is 0 Å². The number of aromatic amines is 1. The number of aromatic nitrogens is 3. The lowest BCUT2D eigenvalue weighted by Gasteiger charge is -2.05. The smallest absolute Gasteiger partial charge is 0.317 e. The van der Waals surface area contributed by atoms with Crippen molar-refractivity contribution in [3.63, 3.8) is 0 Å². The number of aliphatic imine (C=N–C) groups is 1. The normalized spacial score (nSPS) is 25.9. The minimum absolute atomic E-state index is 0.280. The van der Waals surface area contributed by atoms with Crippen LogP contribution in [0, 0.1) is 11.3 Å². The summed E-state index contributed by atoms with van der Waals surface area (Å²) in [6, 6.07) is 1.89. The van der Waals surface area contributed by atoms with Crippen molar-refractivity contribution < 1.29 is 0 Å². The molecule has 0 aliphatic carbocycles. The van der Waals surface area contributed by atoms with E-state index >= 15 is 0 Å². The Morgan fingerprint density at radius 1 is 1.58 bits per heavy atom. The third kappa shape index (κ3) is 0.717. The Bertz CT molecular complexity index is 355. The van der Waals surface area contributed by atoms with Gasteiger partial charge >= 0.3 is 5.66 Å². The maximum Gasteiger partial charge on any atom is 0.317 e. The average molecular weight is 161 g/mol. The van der Waals surface area contributed by atoms with Crippen LogP contribution in [0.2, 0.25) is 0 Å². The van der Waals surface area contributed by atoms with Crippen molar-refractivity contribution in [2.75, 3.05) is 0 Å². The van der Waals surface area contributed by atoms with Crippen molar-refractivity contribution in [3.05, 3.63) is 12.2 Å². The molecule has 7 nitrogen and oxygen atoms in total. The van der Waals surface area contributed by atoms with Crippen LogP contribution in [0.25, 0.3) is 0 Å². The van der Waals surface area contributed by atoms with Gasteiger partial charge in [0.05, 0.1) is 0 Å². The van der Waals surface area contributed by atoms with E-state index in [0.29, 0.717) is 0 Å². The van der Waals surface area contributed by atoms with Gasteiger partial charge in [0, 0.05) is 0 Å². The van der Waals surface area contributed by atoms with Gasteiger partial charge < -0.3 is 4.98 Å². The zero-order valence-corrected chi connectivity index (χ0v) is 5.84. The van der Waals surface area contributed by atoms with Crippen LogP contribution in [0.1, 0.15) is 5.82 Å². The Kier molecular flexibility index (Phi) is 1.21. The molecule has 58 valence electrons. The van der Waals surface area contributed by atoms with Crippen LogP contribution < -0.4 is 0 Å². The molecule has 1 aliphatic heterocycles. The maximum atomic E-state index is 8.78. The molecule has 12 heavy (non-hydrogen) atoms. The molecule has 1 aromatic heterocycles. The molecule has 0 fully saturated rings. The molecule has 0 amide bonds. The van der Waals surface area contributed by atoms with E-state index in [4.69, 9.17) is 5.26 Å². The van der Waals surface area contributed by atoms with Crippen molar-refractivity contribution in [3.8, 4) is 6.07 Å². The van der Waals surface area contributed by atoms with E-state index in [1.165, 1.54) is 12.7 Å². The number of nitriles is 1. The summed E-state index contributed by atoms with van der Waals surface area (Å²) < 4.78 is 0. The van der Waals surface area contributed by atoms with Crippen LogP contribution in [0.4, 0.5) is 0 Å². The number of hydrogen-bond donors (Lipinski definition) is 1. The predicted molar refractivity (Wildman–Crippen MR) is 37.0 cm³/mol. The number of azo groups is 1. The zero-order valence-electron chi connectivity index (χ0n) is 5.84. The fraction of sp³-hybridized carbons (Fsp3) is 0.200. The molecule has 0 aromatic carbocycles. The van der Waals surface area contributed by atoms with Crippen molar-refractivity contribution in [2.45, 2.75) is 5.66 Å². The molecule has 0 spiro atoms. The molecule has 1 unspecified atom stereocenters. The topological polar surface area (TPSA) is 102 Å². The van der Waals surface area contributed by atoms with Crippen LogP contribution in [0.15, 0.2) is 21.5 Å². The molecule has 0 saturated carbocycles. The summed E-state index contributed by atoms with van der Waals surface area (Å²) in [5, 5.41) is 23.1. The highest BCUT2D eigenvalue weighted by Crippen LogP contribution is 2.25. The molecule has 2 rings (SSSR count). The first-order valence-corrected chi connectivity index (χ1v) is 3.11. The lowest BCUT2D eigenvalue weighted by Crippen LogP contribution is -2.17. The van der Waals surface area contributed by atoms with Gasteiger partial charge in [-0.3, -0.25) is 0 Å². The summed E-state index contributed by atoms with van der Waals surface area (Å²) in [4.78, 5) is 6.43.